The molecule has 2 saturated heterocycles. The maximum Gasteiger partial charge on any atom is 0.410 e. The van der Waals surface area contributed by atoms with Crippen molar-refractivity contribution in [2.75, 3.05) is 51.8 Å². The van der Waals surface area contributed by atoms with E-state index in [1.54, 1.807) is 12.0 Å². The van der Waals surface area contributed by atoms with E-state index in [4.69, 9.17) is 14.2 Å². The van der Waals surface area contributed by atoms with Gasteiger partial charge in [-0.2, -0.15) is 5.10 Å². The molecule has 0 bridgehead atoms. The highest BCUT2D eigenvalue weighted by Gasteiger charge is 2.43. The number of ether oxygens (including phenoxy) is 3. The molecule has 250 valence electrons. The lowest BCUT2D eigenvalue weighted by atomic mass is 9.89. The summed E-state index contributed by atoms with van der Waals surface area (Å²) in [5.74, 6) is -0.220. The maximum atomic E-state index is 14.6. The Labute approximate surface area is 267 Å². The number of rotatable bonds is 9. The predicted molar refractivity (Wildman–Crippen MR) is 169 cm³/mol. The van der Waals surface area contributed by atoms with Crippen molar-refractivity contribution in [3.63, 3.8) is 0 Å². The summed E-state index contributed by atoms with van der Waals surface area (Å²) in [4.78, 5) is 47.2. The van der Waals surface area contributed by atoms with E-state index in [-0.39, 0.29) is 54.7 Å². The minimum absolute atomic E-state index is 0.0189. The zero-order valence-electron chi connectivity index (χ0n) is 28.1. The van der Waals surface area contributed by atoms with Gasteiger partial charge in [-0.05, 0) is 71.8 Å². The first kappa shape index (κ1) is 33.4. The van der Waals surface area contributed by atoms with Crippen molar-refractivity contribution in [1.29, 1.82) is 0 Å². The summed E-state index contributed by atoms with van der Waals surface area (Å²) in [6.45, 7) is 14.0. The molecule has 3 heterocycles. The minimum Gasteiger partial charge on any atom is -0.444 e. The number of aromatic nitrogens is 2. The lowest BCUT2D eigenvalue weighted by Gasteiger charge is -2.45. The van der Waals surface area contributed by atoms with Gasteiger partial charge in [0.1, 0.15) is 5.60 Å². The smallest absolute Gasteiger partial charge is 0.410 e. The van der Waals surface area contributed by atoms with E-state index in [2.05, 4.69) is 29.4 Å². The van der Waals surface area contributed by atoms with Gasteiger partial charge in [-0.25, -0.2) is 4.79 Å². The molecule has 12 heteroatoms. The molecule has 4 fully saturated rings. The van der Waals surface area contributed by atoms with Gasteiger partial charge in [0.2, 0.25) is 5.91 Å². The number of hydrogen-bond donors (Lipinski definition) is 1. The quantitative estimate of drug-likeness (QED) is 0.433. The Morgan fingerprint density at radius 2 is 1.87 bits per heavy atom. The van der Waals surface area contributed by atoms with Crippen LogP contribution in [0.3, 0.4) is 0 Å². The van der Waals surface area contributed by atoms with Crippen LogP contribution in [0.1, 0.15) is 95.7 Å². The molecule has 4 aliphatic rings. The van der Waals surface area contributed by atoms with Crippen LogP contribution in [0.2, 0.25) is 0 Å². The highest BCUT2D eigenvalue weighted by molar-refractivity contribution is 5.98. The van der Waals surface area contributed by atoms with Gasteiger partial charge in [0.15, 0.2) is 5.69 Å². The molecule has 5 rings (SSSR count). The Kier molecular flexibility index (Phi) is 10.2. The highest BCUT2D eigenvalue weighted by atomic mass is 16.6. The largest absolute Gasteiger partial charge is 0.444 e. The third-order valence-electron chi connectivity index (χ3n) is 9.14. The fourth-order valence-electron chi connectivity index (χ4n) is 6.52. The molecule has 1 aromatic heterocycles. The van der Waals surface area contributed by atoms with Gasteiger partial charge in [0, 0.05) is 45.2 Å². The SMILES string of the molecule is COC1CC(Nc2cc(C3CC3)nnc2C(=O)N(CC(C)C)[C@H]2C[C@@H](C(=O)N3CCOC[C@@H]3C)CN(C(=O)OC(C)(C)C)C2)C1. The number of carbonyl (C=O) groups is 3. The highest BCUT2D eigenvalue weighted by Crippen LogP contribution is 2.40. The Bertz CT molecular complexity index is 1230. The number of anilines is 1. The number of methoxy groups -OCH3 is 1. The van der Waals surface area contributed by atoms with Gasteiger partial charge in [-0.15, -0.1) is 5.10 Å². The van der Waals surface area contributed by atoms with Crippen LogP contribution in [0.5, 0.6) is 0 Å². The van der Waals surface area contributed by atoms with Crippen molar-refractivity contribution in [3.05, 3.63) is 17.5 Å². The van der Waals surface area contributed by atoms with Crippen molar-refractivity contribution >= 4 is 23.6 Å². The first-order chi connectivity index (χ1) is 21.3. The van der Waals surface area contributed by atoms with Crippen LogP contribution in [0.15, 0.2) is 6.07 Å². The van der Waals surface area contributed by atoms with Crippen molar-refractivity contribution in [2.24, 2.45) is 11.8 Å². The van der Waals surface area contributed by atoms with E-state index >= 15 is 0 Å². The number of morpholine rings is 1. The fraction of sp³-hybridized carbons (Fsp3) is 0.788. The number of amides is 3. The lowest BCUT2D eigenvalue weighted by molar-refractivity contribution is -0.146. The third kappa shape index (κ3) is 8.24. The third-order valence-corrected chi connectivity index (χ3v) is 9.14. The fourth-order valence-corrected chi connectivity index (χ4v) is 6.52. The zero-order valence-corrected chi connectivity index (χ0v) is 28.1. The topological polar surface area (TPSA) is 126 Å². The summed E-state index contributed by atoms with van der Waals surface area (Å²) < 4.78 is 16.8. The van der Waals surface area contributed by atoms with E-state index in [9.17, 15) is 14.4 Å². The van der Waals surface area contributed by atoms with Crippen LogP contribution < -0.4 is 5.32 Å². The normalized spacial score (nSPS) is 27.2. The summed E-state index contributed by atoms with van der Waals surface area (Å²) in [5, 5.41) is 12.6. The molecule has 2 aliphatic carbocycles. The van der Waals surface area contributed by atoms with Gasteiger partial charge < -0.3 is 34.2 Å². The van der Waals surface area contributed by atoms with E-state index in [1.165, 1.54) is 0 Å². The lowest BCUT2D eigenvalue weighted by Crippen LogP contribution is -2.59. The van der Waals surface area contributed by atoms with E-state index in [0.29, 0.717) is 44.3 Å². The molecule has 1 aromatic rings. The average Bonchev–Trinajstić information content (AvgIpc) is 3.81. The average molecular weight is 629 g/mol. The van der Waals surface area contributed by atoms with E-state index < -0.39 is 23.7 Å². The van der Waals surface area contributed by atoms with Crippen molar-refractivity contribution < 1.29 is 28.6 Å². The number of nitrogens with one attached hydrogen (secondary N) is 1. The first-order valence-corrected chi connectivity index (χ1v) is 16.7. The Balaban J connectivity index is 1.44. The summed E-state index contributed by atoms with van der Waals surface area (Å²) >= 11 is 0. The van der Waals surface area contributed by atoms with Crippen LogP contribution in [0.4, 0.5) is 10.5 Å². The van der Waals surface area contributed by atoms with Crippen LogP contribution in [0, 0.1) is 11.8 Å². The molecule has 0 spiro atoms. The molecular formula is C33H52N6O6. The standard InChI is InChI=1S/C33H52N6O6/c1-20(2)16-39(31(41)29-28(34-24-13-26(14-24)43-7)15-27(35-36-29)22-8-9-22)25-12-23(30(40)38-10-11-44-19-21(38)3)17-37(18-25)32(42)45-33(4,5)6/h15,20-26H,8-14,16-19H2,1-7H3,(H,34,35)/t21-,23+,24?,25-,26?/m0/s1. The first-order valence-electron chi connectivity index (χ1n) is 16.7. The second-order valence-corrected chi connectivity index (χ2v) is 14.8. The van der Waals surface area contributed by atoms with Crippen molar-refractivity contribution in [2.45, 2.75) is 109 Å². The van der Waals surface area contributed by atoms with Gasteiger partial charge in [-0.1, -0.05) is 13.8 Å². The van der Waals surface area contributed by atoms with Gasteiger partial charge >= 0.3 is 6.09 Å². The van der Waals surface area contributed by atoms with Crippen LogP contribution in [0.25, 0.3) is 0 Å². The summed E-state index contributed by atoms with van der Waals surface area (Å²) in [5.41, 5.74) is 1.18. The second-order valence-electron chi connectivity index (χ2n) is 14.8. The molecule has 3 atom stereocenters. The molecule has 1 N–H and O–H groups in total. The molecular weight excluding hydrogens is 576 g/mol. The molecule has 45 heavy (non-hydrogen) atoms. The van der Waals surface area contributed by atoms with Crippen molar-refractivity contribution in [3.8, 4) is 0 Å². The maximum absolute atomic E-state index is 14.6. The van der Waals surface area contributed by atoms with Gasteiger partial charge in [-0.3, -0.25) is 9.59 Å². The number of hydrogen-bond acceptors (Lipinski definition) is 9. The van der Waals surface area contributed by atoms with Crippen LogP contribution >= 0.6 is 0 Å². The molecule has 0 radical (unpaired) electrons. The molecule has 2 aliphatic heterocycles. The van der Waals surface area contributed by atoms with Crippen molar-refractivity contribution in [1.82, 2.24) is 24.9 Å². The monoisotopic (exact) mass is 628 g/mol. The Hall–Kier alpha value is -2.99. The number of carbonyl (C=O) groups excluding carboxylic acids is 3. The van der Waals surface area contributed by atoms with Crippen LogP contribution in [-0.4, -0.2) is 119 Å². The Morgan fingerprint density at radius 1 is 1.13 bits per heavy atom. The molecule has 2 saturated carbocycles. The predicted octanol–water partition coefficient (Wildman–Crippen LogP) is 3.91. The van der Waals surface area contributed by atoms with E-state index in [1.807, 2.05) is 43.6 Å². The van der Waals surface area contributed by atoms with Gasteiger partial charge in [0.05, 0.1) is 48.7 Å². The minimum atomic E-state index is -0.696. The van der Waals surface area contributed by atoms with Crippen LogP contribution in [-0.2, 0) is 19.0 Å². The number of likely N-dealkylation sites (tertiary alicyclic amines) is 1. The number of nitrogens with zero attached hydrogens (tertiary/aromatic N) is 5. The molecule has 0 unspecified atom stereocenters. The molecule has 12 nitrogen and oxygen atoms in total. The summed E-state index contributed by atoms with van der Waals surface area (Å²) in [7, 11) is 1.72. The number of piperidine rings is 1. The Morgan fingerprint density at radius 3 is 2.49 bits per heavy atom. The molecule has 0 aromatic carbocycles. The second kappa shape index (κ2) is 13.8. The van der Waals surface area contributed by atoms with E-state index in [0.717, 1.165) is 31.4 Å². The summed E-state index contributed by atoms with van der Waals surface area (Å²) in [6.07, 6.45) is 4.05. The van der Waals surface area contributed by atoms with Gasteiger partial charge in [0.25, 0.3) is 5.91 Å². The molecule has 3 amide bonds. The summed E-state index contributed by atoms with van der Waals surface area (Å²) in [6, 6.07) is 1.70. The zero-order chi connectivity index (χ0) is 32.5.